The molecule has 16 heavy (non-hydrogen) atoms. The average molecular weight is 219 g/mol. The van der Waals surface area contributed by atoms with Gasteiger partial charge in [-0.05, 0) is 6.07 Å². The highest BCUT2D eigenvalue weighted by Crippen LogP contribution is 2.27. The van der Waals surface area contributed by atoms with Crippen LogP contribution in [-0.4, -0.2) is 31.4 Å². The molecule has 0 spiro atoms. The van der Waals surface area contributed by atoms with Crippen LogP contribution in [0, 0.1) is 0 Å². The number of aliphatic hydroxyl groups excluding tert-OH is 1. The molecule has 1 fully saturated rings. The first kappa shape index (κ1) is 11.2. The van der Waals surface area contributed by atoms with Gasteiger partial charge in [0.15, 0.2) is 0 Å². The van der Waals surface area contributed by atoms with Crippen LogP contribution >= 0.6 is 0 Å². The molecule has 0 bridgehead atoms. The molecule has 3 heteroatoms. The third-order valence-electron chi connectivity index (χ3n) is 2.83. The summed E-state index contributed by atoms with van der Waals surface area (Å²) in [4.78, 5) is 2.24. The van der Waals surface area contributed by atoms with Gasteiger partial charge in [-0.3, -0.25) is 0 Å². The number of nitrogens with zero attached hydrogens (tertiary/aromatic N) is 1. The number of anilines is 1. The molecule has 1 aromatic carbocycles. The first-order valence-corrected chi connectivity index (χ1v) is 5.55. The molecule has 1 N–H and O–H groups in total. The third kappa shape index (κ3) is 2.26. The van der Waals surface area contributed by atoms with Crippen LogP contribution in [0.1, 0.15) is 11.7 Å². The Morgan fingerprint density at radius 1 is 1.31 bits per heavy atom. The minimum absolute atomic E-state index is 0.598. The fraction of sp³-hybridized carbons (Fsp3) is 0.385. The van der Waals surface area contributed by atoms with Gasteiger partial charge in [0.1, 0.15) is 0 Å². The van der Waals surface area contributed by atoms with Crippen molar-refractivity contribution in [2.45, 2.75) is 6.10 Å². The Bertz CT molecular complexity index is 359. The van der Waals surface area contributed by atoms with Gasteiger partial charge in [-0.1, -0.05) is 24.3 Å². The van der Waals surface area contributed by atoms with Crippen molar-refractivity contribution in [3.63, 3.8) is 0 Å². The van der Waals surface area contributed by atoms with Crippen LogP contribution in [0.2, 0.25) is 0 Å². The summed E-state index contributed by atoms with van der Waals surface area (Å²) in [5.41, 5.74) is 2.00. The van der Waals surface area contributed by atoms with Crippen LogP contribution in [0.15, 0.2) is 36.9 Å². The van der Waals surface area contributed by atoms with Crippen LogP contribution < -0.4 is 4.90 Å². The van der Waals surface area contributed by atoms with Crippen LogP contribution in [-0.2, 0) is 4.74 Å². The Balaban J connectivity index is 2.27. The molecule has 0 amide bonds. The van der Waals surface area contributed by atoms with Crippen molar-refractivity contribution in [1.29, 1.82) is 0 Å². The minimum atomic E-state index is -0.598. The molecule has 1 heterocycles. The Hall–Kier alpha value is -1.32. The predicted molar refractivity (Wildman–Crippen MR) is 64.6 cm³/mol. The van der Waals surface area contributed by atoms with E-state index in [0.29, 0.717) is 0 Å². The van der Waals surface area contributed by atoms with Crippen molar-refractivity contribution in [3.8, 4) is 0 Å². The molecule has 1 aliphatic rings. The van der Waals surface area contributed by atoms with Gasteiger partial charge >= 0.3 is 0 Å². The molecule has 0 saturated carbocycles. The molecule has 0 aromatic heterocycles. The van der Waals surface area contributed by atoms with E-state index in [1.807, 2.05) is 24.3 Å². The zero-order valence-electron chi connectivity index (χ0n) is 9.30. The van der Waals surface area contributed by atoms with Crippen molar-refractivity contribution in [2.24, 2.45) is 0 Å². The SMILES string of the molecule is C=CC(O)c1ccccc1N1CCOCC1. The van der Waals surface area contributed by atoms with Crippen molar-refractivity contribution in [3.05, 3.63) is 42.5 Å². The molecule has 3 nitrogen and oxygen atoms in total. The lowest BCUT2D eigenvalue weighted by Crippen LogP contribution is -2.36. The van der Waals surface area contributed by atoms with Crippen molar-refractivity contribution in [2.75, 3.05) is 31.2 Å². The van der Waals surface area contributed by atoms with E-state index >= 15 is 0 Å². The Labute approximate surface area is 96.0 Å². The van der Waals surface area contributed by atoms with Gasteiger partial charge in [0.05, 0.1) is 19.3 Å². The highest BCUT2D eigenvalue weighted by molar-refractivity contribution is 5.55. The smallest absolute Gasteiger partial charge is 0.0989 e. The van der Waals surface area contributed by atoms with E-state index in [-0.39, 0.29) is 0 Å². The standard InChI is InChI=1S/C13H17NO2/c1-2-13(15)11-5-3-4-6-12(11)14-7-9-16-10-8-14/h2-6,13,15H,1,7-10H2. The highest BCUT2D eigenvalue weighted by Gasteiger charge is 2.16. The van der Waals surface area contributed by atoms with Crippen LogP contribution in [0.5, 0.6) is 0 Å². The fourth-order valence-corrected chi connectivity index (χ4v) is 1.96. The third-order valence-corrected chi connectivity index (χ3v) is 2.83. The number of rotatable bonds is 3. The fourth-order valence-electron chi connectivity index (χ4n) is 1.96. The largest absolute Gasteiger partial charge is 0.384 e. The zero-order chi connectivity index (χ0) is 11.4. The van der Waals surface area contributed by atoms with E-state index in [2.05, 4.69) is 11.5 Å². The molecule has 0 aliphatic carbocycles. The molecule has 1 aromatic rings. The van der Waals surface area contributed by atoms with Crippen molar-refractivity contribution >= 4 is 5.69 Å². The maximum Gasteiger partial charge on any atom is 0.0989 e. The normalized spacial score (nSPS) is 18.2. The number of benzene rings is 1. The van der Waals surface area contributed by atoms with E-state index in [1.165, 1.54) is 0 Å². The van der Waals surface area contributed by atoms with Gasteiger partial charge in [0, 0.05) is 24.3 Å². The van der Waals surface area contributed by atoms with Crippen molar-refractivity contribution in [1.82, 2.24) is 0 Å². The topological polar surface area (TPSA) is 32.7 Å². The summed E-state index contributed by atoms with van der Waals surface area (Å²) in [5.74, 6) is 0. The summed E-state index contributed by atoms with van der Waals surface area (Å²) in [5, 5.41) is 9.86. The second-order valence-electron chi connectivity index (χ2n) is 3.84. The van der Waals surface area contributed by atoms with Gasteiger partial charge in [-0.15, -0.1) is 6.58 Å². The predicted octanol–water partition coefficient (Wildman–Crippen LogP) is 1.74. The van der Waals surface area contributed by atoms with Gasteiger partial charge in [-0.25, -0.2) is 0 Å². The van der Waals surface area contributed by atoms with Gasteiger partial charge < -0.3 is 14.7 Å². The molecular weight excluding hydrogens is 202 g/mol. The number of hydrogen-bond donors (Lipinski definition) is 1. The summed E-state index contributed by atoms with van der Waals surface area (Å²) < 4.78 is 5.32. The van der Waals surface area contributed by atoms with E-state index in [0.717, 1.165) is 37.6 Å². The molecule has 1 unspecified atom stereocenters. The Morgan fingerprint density at radius 3 is 2.69 bits per heavy atom. The zero-order valence-corrected chi connectivity index (χ0v) is 9.30. The summed E-state index contributed by atoms with van der Waals surface area (Å²) in [6.07, 6.45) is 0.957. The lowest BCUT2D eigenvalue weighted by atomic mass is 10.1. The van der Waals surface area contributed by atoms with Crippen LogP contribution in [0.25, 0.3) is 0 Å². The molecule has 0 radical (unpaired) electrons. The number of morpholine rings is 1. The van der Waals surface area contributed by atoms with Gasteiger partial charge in [-0.2, -0.15) is 0 Å². The second kappa shape index (κ2) is 5.14. The Kier molecular flexibility index (Phi) is 3.59. The molecule has 1 atom stereocenters. The molecular formula is C13H17NO2. The maximum absolute atomic E-state index is 9.86. The Morgan fingerprint density at radius 2 is 2.00 bits per heavy atom. The molecule has 86 valence electrons. The lowest BCUT2D eigenvalue weighted by Gasteiger charge is -2.31. The first-order valence-electron chi connectivity index (χ1n) is 5.55. The number of para-hydroxylation sites is 1. The van der Waals surface area contributed by atoms with E-state index < -0.39 is 6.10 Å². The van der Waals surface area contributed by atoms with E-state index in [4.69, 9.17) is 4.74 Å². The van der Waals surface area contributed by atoms with E-state index in [1.54, 1.807) is 6.08 Å². The van der Waals surface area contributed by atoms with Gasteiger partial charge in [0.2, 0.25) is 0 Å². The average Bonchev–Trinajstić information content (AvgIpc) is 2.39. The van der Waals surface area contributed by atoms with Crippen molar-refractivity contribution < 1.29 is 9.84 Å². The summed E-state index contributed by atoms with van der Waals surface area (Å²) in [6.45, 7) is 6.88. The van der Waals surface area contributed by atoms with Gasteiger partial charge in [0.25, 0.3) is 0 Å². The minimum Gasteiger partial charge on any atom is -0.384 e. The second-order valence-corrected chi connectivity index (χ2v) is 3.84. The monoisotopic (exact) mass is 219 g/mol. The highest BCUT2D eigenvalue weighted by atomic mass is 16.5. The van der Waals surface area contributed by atoms with E-state index in [9.17, 15) is 5.11 Å². The lowest BCUT2D eigenvalue weighted by molar-refractivity contribution is 0.122. The number of hydrogen-bond acceptors (Lipinski definition) is 3. The summed E-state index contributed by atoms with van der Waals surface area (Å²) in [6, 6.07) is 7.90. The maximum atomic E-state index is 9.86. The molecule has 1 aliphatic heterocycles. The molecule has 2 rings (SSSR count). The number of aliphatic hydroxyl groups is 1. The summed E-state index contributed by atoms with van der Waals surface area (Å²) in [7, 11) is 0. The quantitative estimate of drug-likeness (QED) is 0.786. The number of ether oxygens (including phenoxy) is 1. The first-order chi connectivity index (χ1) is 7.83. The van der Waals surface area contributed by atoms with Crippen LogP contribution in [0.3, 0.4) is 0 Å². The molecule has 1 saturated heterocycles. The van der Waals surface area contributed by atoms with Crippen LogP contribution in [0.4, 0.5) is 5.69 Å². The summed E-state index contributed by atoms with van der Waals surface area (Å²) >= 11 is 0.